The summed E-state index contributed by atoms with van der Waals surface area (Å²) in [7, 11) is 1.44. The number of aromatic amines is 1. The van der Waals surface area contributed by atoms with Gasteiger partial charge in [0.25, 0.3) is 0 Å². The van der Waals surface area contributed by atoms with Gasteiger partial charge in [-0.3, -0.25) is 0 Å². The van der Waals surface area contributed by atoms with Crippen molar-refractivity contribution >= 4 is 27.0 Å². The average Bonchev–Trinajstić information content (AvgIpc) is 2.61. The molecule has 0 aliphatic heterocycles. The van der Waals surface area contributed by atoms with Crippen LogP contribution in [-0.2, 0) is 6.18 Å². The summed E-state index contributed by atoms with van der Waals surface area (Å²) in [6.45, 7) is 0. The van der Waals surface area contributed by atoms with Crippen molar-refractivity contribution in [3.63, 3.8) is 0 Å². The molecule has 1 heterocycles. The van der Waals surface area contributed by atoms with Gasteiger partial charge in [0.05, 0.1) is 12.6 Å². The lowest BCUT2D eigenvalue weighted by Gasteiger charge is -1.99. The molecule has 7 heteroatoms. The van der Waals surface area contributed by atoms with E-state index in [1.807, 2.05) is 0 Å². The molecule has 0 radical (unpaired) electrons. The summed E-state index contributed by atoms with van der Waals surface area (Å²) in [5.74, 6) is -0.562. The Bertz CT molecular complexity index is 535. The normalized spacial score (nSPS) is 12.1. The molecule has 2 rings (SSSR count). The van der Waals surface area contributed by atoms with Gasteiger partial charge in [0.2, 0.25) is 5.82 Å². The summed E-state index contributed by atoms with van der Waals surface area (Å²) >= 11 is 3.14. The van der Waals surface area contributed by atoms with Crippen molar-refractivity contribution < 1.29 is 17.9 Å². The first kappa shape index (κ1) is 11.3. The zero-order valence-electron chi connectivity index (χ0n) is 8.02. The van der Waals surface area contributed by atoms with E-state index in [1.165, 1.54) is 13.2 Å². The second-order valence-corrected chi connectivity index (χ2v) is 3.94. The molecule has 0 atom stereocenters. The fourth-order valence-corrected chi connectivity index (χ4v) is 1.83. The number of imidazole rings is 1. The zero-order valence-corrected chi connectivity index (χ0v) is 9.61. The largest absolute Gasteiger partial charge is 0.497 e. The number of benzene rings is 1. The van der Waals surface area contributed by atoms with Gasteiger partial charge in [0.1, 0.15) is 11.3 Å². The quantitative estimate of drug-likeness (QED) is 0.876. The highest BCUT2D eigenvalue weighted by Gasteiger charge is 2.35. The standard InChI is InChI=1S/C9H6BrF3N2O/c1-16-4-2-5(10)7-6(3-4)14-8(15-7)9(11,12)13/h2-3H,1H3,(H,14,15). The van der Waals surface area contributed by atoms with Crippen LogP contribution in [0.3, 0.4) is 0 Å². The molecule has 1 N–H and O–H groups in total. The third kappa shape index (κ3) is 1.87. The number of ether oxygens (including phenoxy) is 1. The van der Waals surface area contributed by atoms with Crippen LogP contribution in [0.25, 0.3) is 11.0 Å². The first-order valence-corrected chi connectivity index (χ1v) is 5.01. The van der Waals surface area contributed by atoms with Crippen LogP contribution >= 0.6 is 15.9 Å². The zero-order chi connectivity index (χ0) is 11.9. The maximum atomic E-state index is 12.4. The highest BCUT2D eigenvalue weighted by Crippen LogP contribution is 2.33. The molecule has 0 saturated heterocycles. The van der Waals surface area contributed by atoms with E-state index in [4.69, 9.17) is 4.74 Å². The minimum atomic E-state index is -4.48. The van der Waals surface area contributed by atoms with Crippen molar-refractivity contribution in [2.24, 2.45) is 0 Å². The Hall–Kier alpha value is -1.24. The van der Waals surface area contributed by atoms with Gasteiger partial charge < -0.3 is 9.72 Å². The molecule has 0 saturated carbocycles. The van der Waals surface area contributed by atoms with Gasteiger partial charge >= 0.3 is 6.18 Å². The van der Waals surface area contributed by atoms with Gasteiger partial charge in [-0.2, -0.15) is 13.2 Å². The Labute approximate surface area is 96.7 Å². The van der Waals surface area contributed by atoms with Crippen molar-refractivity contribution in [1.82, 2.24) is 9.97 Å². The Kier molecular flexibility index (Phi) is 2.57. The number of nitrogens with zero attached hydrogens (tertiary/aromatic N) is 1. The van der Waals surface area contributed by atoms with E-state index >= 15 is 0 Å². The molecule has 0 unspecified atom stereocenters. The summed E-state index contributed by atoms with van der Waals surface area (Å²) in [6, 6.07) is 3.02. The fourth-order valence-electron chi connectivity index (χ4n) is 1.30. The van der Waals surface area contributed by atoms with Crippen LogP contribution < -0.4 is 4.74 Å². The number of fused-ring (bicyclic) bond motifs is 1. The van der Waals surface area contributed by atoms with Crippen molar-refractivity contribution in [1.29, 1.82) is 0 Å². The van der Waals surface area contributed by atoms with Crippen molar-refractivity contribution in [3.05, 3.63) is 22.4 Å². The number of aromatic nitrogens is 2. The molecule has 0 fully saturated rings. The molecule has 86 valence electrons. The van der Waals surface area contributed by atoms with Crippen molar-refractivity contribution in [2.75, 3.05) is 7.11 Å². The summed E-state index contributed by atoms with van der Waals surface area (Å²) in [5, 5.41) is 0. The van der Waals surface area contributed by atoms with E-state index in [0.29, 0.717) is 10.2 Å². The van der Waals surface area contributed by atoms with Crippen LogP contribution in [0.1, 0.15) is 5.82 Å². The molecular weight excluding hydrogens is 289 g/mol. The Balaban J connectivity index is 2.66. The van der Waals surface area contributed by atoms with Crippen LogP contribution in [-0.4, -0.2) is 17.1 Å². The third-order valence-corrected chi connectivity index (χ3v) is 2.62. The Morgan fingerprint density at radius 1 is 1.38 bits per heavy atom. The highest BCUT2D eigenvalue weighted by atomic mass is 79.9. The second kappa shape index (κ2) is 3.65. The minimum Gasteiger partial charge on any atom is -0.497 e. The lowest BCUT2D eigenvalue weighted by molar-refractivity contribution is -0.144. The fraction of sp³-hybridized carbons (Fsp3) is 0.222. The molecule has 0 amide bonds. The maximum absolute atomic E-state index is 12.4. The number of hydrogen-bond donors (Lipinski definition) is 1. The van der Waals surface area contributed by atoms with E-state index in [-0.39, 0.29) is 11.0 Å². The molecule has 16 heavy (non-hydrogen) atoms. The van der Waals surface area contributed by atoms with E-state index in [2.05, 4.69) is 25.9 Å². The van der Waals surface area contributed by atoms with Crippen LogP contribution in [0, 0.1) is 0 Å². The number of rotatable bonds is 1. The van der Waals surface area contributed by atoms with E-state index in [1.54, 1.807) is 6.07 Å². The predicted molar refractivity (Wildman–Crippen MR) is 55.3 cm³/mol. The van der Waals surface area contributed by atoms with Crippen LogP contribution in [0.5, 0.6) is 5.75 Å². The molecule has 0 bridgehead atoms. The number of nitrogens with one attached hydrogen (secondary N) is 1. The van der Waals surface area contributed by atoms with Crippen LogP contribution in [0.2, 0.25) is 0 Å². The van der Waals surface area contributed by atoms with Crippen molar-refractivity contribution in [3.8, 4) is 5.75 Å². The van der Waals surface area contributed by atoms with Crippen LogP contribution in [0.15, 0.2) is 16.6 Å². The lowest BCUT2D eigenvalue weighted by Crippen LogP contribution is -2.06. The minimum absolute atomic E-state index is 0.230. The summed E-state index contributed by atoms with van der Waals surface area (Å²) in [4.78, 5) is 5.68. The summed E-state index contributed by atoms with van der Waals surface area (Å²) in [6.07, 6.45) is -4.48. The van der Waals surface area contributed by atoms with Gasteiger partial charge in [0.15, 0.2) is 0 Å². The summed E-state index contributed by atoms with van der Waals surface area (Å²) in [5.41, 5.74) is 0.506. The van der Waals surface area contributed by atoms with Gasteiger partial charge in [0, 0.05) is 10.5 Å². The number of H-pyrrole nitrogens is 1. The van der Waals surface area contributed by atoms with Crippen molar-refractivity contribution in [2.45, 2.75) is 6.18 Å². The molecule has 0 aliphatic rings. The Morgan fingerprint density at radius 2 is 2.06 bits per heavy atom. The molecule has 1 aromatic carbocycles. The number of halogens is 4. The predicted octanol–water partition coefficient (Wildman–Crippen LogP) is 3.35. The number of hydrogen-bond acceptors (Lipinski definition) is 2. The smallest absolute Gasteiger partial charge is 0.449 e. The first-order chi connectivity index (χ1) is 7.41. The highest BCUT2D eigenvalue weighted by molar-refractivity contribution is 9.10. The Morgan fingerprint density at radius 3 is 2.62 bits per heavy atom. The summed E-state index contributed by atoms with van der Waals surface area (Å²) < 4.78 is 42.6. The van der Waals surface area contributed by atoms with Gasteiger partial charge in [-0.25, -0.2) is 4.98 Å². The van der Waals surface area contributed by atoms with Gasteiger partial charge in [-0.05, 0) is 22.0 Å². The SMILES string of the molecule is COc1cc(Br)c2nc(C(F)(F)F)[nH]c2c1. The molecular formula is C9H6BrF3N2O. The number of alkyl halides is 3. The lowest BCUT2D eigenvalue weighted by atomic mass is 10.3. The maximum Gasteiger partial charge on any atom is 0.449 e. The average molecular weight is 295 g/mol. The molecule has 2 aromatic rings. The second-order valence-electron chi connectivity index (χ2n) is 3.09. The molecule has 0 spiro atoms. The van der Waals surface area contributed by atoms with E-state index < -0.39 is 12.0 Å². The molecule has 0 aliphatic carbocycles. The third-order valence-electron chi connectivity index (χ3n) is 2.02. The van der Waals surface area contributed by atoms with E-state index in [0.717, 1.165) is 0 Å². The van der Waals surface area contributed by atoms with Gasteiger partial charge in [-0.15, -0.1) is 0 Å². The number of methoxy groups -OCH3 is 1. The van der Waals surface area contributed by atoms with E-state index in [9.17, 15) is 13.2 Å². The monoisotopic (exact) mass is 294 g/mol. The first-order valence-electron chi connectivity index (χ1n) is 4.22. The molecule has 1 aromatic heterocycles. The van der Waals surface area contributed by atoms with Gasteiger partial charge in [-0.1, -0.05) is 0 Å². The topological polar surface area (TPSA) is 37.9 Å². The van der Waals surface area contributed by atoms with Crippen LogP contribution in [0.4, 0.5) is 13.2 Å². The molecule has 3 nitrogen and oxygen atoms in total.